The van der Waals surface area contributed by atoms with Crippen molar-refractivity contribution in [2.45, 2.75) is 13.3 Å². The molecule has 0 aliphatic heterocycles. The van der Waals surface area contributed by atoms with E-state index in [0.29, 0.717) is 6.54 Å². The third kappa shape index (κ3) is 4.04. The molecule has 1 aromatic rings. The number of ether oxygens (including phenoxy) is 1. The van der Waals surface area contributed by atoms with Gasteiger partial charge in [0.25, 0.3) is 0 Å². The number of carbonyl (C=O) groups excluding carboxylic acids is 1. The Morgan fingerprint density at radius 1 is 1.44 bits per heavy atom. The fourth-order valence-electron chi connectivity index (χ4n) is 1.80. The number of benzene rings is 1. The molecule has 0 radical (unpaired) electrons. The van der Waals surface area contributed by atoms with Crippen LogP contribution in [0.5, 0.6) is 5.75 Å². The van der Waals surface area contributed by atoms with Crippen LogP contribution < -0.4 is 10.1 Å². The van der Waals surface area contributed by atoms with Crippen molar-refractivity contribution in [2.24, 2.45) is 0 Å². The highest BCUT2D eigenvalue weighted by Crippen LogP contribution is 2.18. The first kappa shape index (κ1) is 14.5. The van der Waals surface area contributed by atoms with Crippen LogP contribution in [-0.2, 0) is 11.2 Å². The molecular formula is C14H22N2O2. The highest BCUT2D eigenvalue weighted by atomic mass is 16.5. The lowest BCUT2D eigenvalue weighted by Gasteiger charge is -2.17. The maximum absolute atomic E-state index is 11.6. The smallest absolute Gasteiger partial charge is 0.236 e. The second kappa shape index (κ2) is 7.01. The fourth-order valence-corrected chi connectivity index (χ4v) is 1.80. The van der Waals surface area contributed by atoms with E-state index < -0.39 is 0 Å². The maximum Gasteiger partial charge on any atom is 0.236 e. The molecule has 1 aromatic carbocycles. The van der Waals surface area contributed by atoms with Gasteiger partial charge in [0.2, 0.25) is 5.91 Å². The number of aryl methyl sites for hydroxylation is 1. The Balaban J connectivity index is 2.53. The van der Waals surface area contributed by atoms with Gasteiger partial charge in [-0.25, -0.2) is 0 Å². The molecule has 0 bridgehead atoms. The first-order chi connectivity index (χ1) is 8.58. The lowest BCUT2D eigenvalue weighted by molar-refractivity contribution is -0.128. The number of nitrogens with one attached hydrogen (secondary N) is 1. The monoisotopic (exact) mass is 250 g/mol. The molecule has 0 atom stereocenters. The Bertz CT molecular complexity index is 405. The van der Waals surface area contributed by atoms with Crippen LogP contribution in [0.25, 0.3) is 0 Å². The summed E-state index contributed by atoms with van der Waals surface area (Å²) in [6.45, 7) is 3.14. The van der Waals surface area contributed by atoms with Gasteiger partial charge >= 0.3 is 0 Å². The zero-order chi connectivity index (χ0) is 13.5. The van der Waals surface area contributed by atoms with E-state index in [2.05, 4.69) is 11.4 Å². The van der Waals surface area contributed by atoms with Crippen LogP contribution in [0.3, 0.4) is 0 Å². The Morgan fingerprint density at radius 3 is 2.72 bits per heavy atom. The molecule has 0 aromatic heterocycles. The molecule has 100 valence electrons. The van der Waals surface area contributed by atoms with Gasteiger partial charge in [-0.1, -0.05) is 12.1 Å². The highest BCUT2D eigenvalue weighted by Gasteiger charge is 2.07. The molecule has 1 amide bonds. The van der Waals surface area contributed by atoms with E-state index in [1.165, 1.54) is 5.56 Å². The first-order valence-electron chi connectivity index (χ1n) is 6.10. The second-order valence-electron chi connectivity index (χ2n) is 4.40. The molecule has 4 nitrogen and oxygen atoms in total. The molecule has 0 saturated heterocycles. The number of rotatable bonds is 6. The average molecular weight is 250 g/mol. The quantitative estimate of drug-likeness (QED) is 0.825. The van der Waals surface area contributed by atoms with Crippen LogP contribution in [0, 0.1) is 6.92 Å². The molecule has 0 spiro atoms. The molecule has 18 heavy (non-hydrogen) atoms. The average Bonchev–Trinajstić information content (AvgIpc) is 2.36. The number of hydrogen-bond acceptors (Lipinski definition) is 3. The summed E-state index contributed by atoms with van der Waals surface area (Å²) < 4.78 is 5.22. The van der Waals surface area contributed by atoms with E-state index in [9.17, 15) is 4.79 Å². The van der Waals surface area contributed by atoms with Gasteiger partial charge in [0.1, 0.15) is 5.75 Å². The van der Waals surface area contributed by atoms with Gasteiger partial charge in [0.05, 0.1) is 13.7 Å². The van der Waals surface area contributed by atoms with Gasteiger partial charge in [0.15, 0.2) is 0 Å². The zero-order valence-corrected chi connectivity index (χ0v) is 11.6. The van der Waals surface area contributed by atoms with Gasteiger partial charge in [-0.2, -0.15) is 0 Å². The number of likely N-dealkylation sites (N-methyl/N-ethyl adjacent to an activating group) is 2. The van der Waals surface area contributed by atoms with Crippen LogP contribution in [0.4, 0.5) is 0 Å². The molecule has 0 saturated carbocycles. The van der Waals surface area contributed by atoms with Crippen molar-refractivity contribution in [3.8, 4) is 5.75 Å². The van der Waals surface area contributed by atoms with Gasteiger partial charge in [-0.3, -0.25) is 4.79 Å². The van der Waals surface area contributed by atoms with Gasteiger partial charge in [-0.15, -0.1) is 0 Å². The predicted octanol–water partition coefficient (Wildman–Crippen LogP) is 1.22. The van der Waals surface area contributed by atoms with E-state index in [-0.39, 0.29) is 5.91 Å². The van der Waals surface area contributed by atoms with E-state index in [1.807, 2.05) is 26.1 Å². The van der Waals surface area contributed by atoms with Crippen LogP contribution in [0.2, 0.25) is 0 Å². The van der Waals surface area contributed by atoms with Crippen LogP contribution >= 0.6 is 0 Å². The predicted molar refractivity (Wildman–Crippen MR) is 73.0 cm³/mol. The third-order valence-electron chi connectivity index (χ3n) is 2.95. The Labute approximate surface area is 109 Å². The Hall–Kier alpha value is -1.55. The number of hydrogen-bond donors (Lipinski definition) is 1. The highest BCUT2D eigenvalue weighted by molar-refractivity contribution is 5.77. The summed E-state index contributed by atoms with van der Waals surface area (Å²) in [7, 11) is 5.28. The Kier molecular flexibility index (Phi) is 5.65. The molecule has 1 N–H and O–H groups in total. The van der Waals surface area contributed by atoms with E-state index in [1.54, 1.807) is 19.1 Å². The number of amides is 1. The lowest BCUT2D eigenvalue weighted by atomic mass is 10.1. The standard InChI is InChI=1S/C14H22N2O2/c1-11-9-12(5-6-13(11)18-4)7-8-16(3)14(17)10-15-2/h5-6,9,15H,7-8,10H2,1-4H3. The summed E-state index contributed by atoms with van der Waals surface area (Å²) in [5.74, 6) is 1.01. The zero-order valence-electron chi connectivity index (χ0n) is 11.6. The van der Waals surface area contributed by atoms with Crippen molar-refractivity contribution >= 4 is 5.91 Å². The molecule has 0 unspecified atom stereocenters. The topological polar surface area (TPSA) is 41.6 Å². The van der Waals surface area contributed by atoms with Crippen molar-refractivity contribution < 1.29 is 9.53 Å². The molecule has 0 heterocycles. The van der Waals surface area contributed by atoms with E-state index >= 15 is 0 Å². The number of nitrogens with zero attached hydrogens (tertiary/aromatic N) is 1. The molecular weight excluding hydrogens is 228 g/mol. The van der Waals surface area contributed by atoms with Crippen LogP contribution in [0.1, 0.15) is 11.1 Å². The minimum atomic E-state index is 0.114. The molecule has 1 rings (SSSR count). The van der Waals surface area contributed by atoms with Gasteiger partial charge in [0, 0.05) is 13.6 Å². The molecule has 4 heteroatoms. The minimum absolute atomic E-state index is 0.114. The van der Waals surface area contributed by atoms with E-state index in [0.717, 1.165) is 24.3 Å². The number of carbonyl (C=O) groups is 1. The lowest BCUT2D eigenvalue weighted by Crippen LogP contribution is -2.35. The normalized spacial score (nSPS) is 10.2. The number of methoxy groups -OCH3 is 1. The van der Waals surface area contributed by atoms with Crippen molar-refractivity contribution in [1.29, 1.82) is 0 Å². The van der Waals surface area contributed by atoms with E-state index in [4.69, 9.17) is 4.74 Å². The summed E-state index contributed by atoms with van der Waals surface area (Å²) in [4.78, 5) is 13.3. The first-order valence-corrected chi connectivity index (χ1v) is 6.10. The molecule has 0 aliphatic carbocycles. The minimum Gasteiger partial charge on any atom is -0.496 e. The summed E-state index contributed by atoms with van der Waals surface area (Å²) in [5.41, 5.74) is 2.34. The van der Waals surface area contributed by atoms with Crippen molar-refractivity contribution in [1.82, 2.24) is 10.2 Å². The van der Waals surface area contributed by atoms with Crippen molar-refractivity contribution in [3.05, 3.63) is 29.3 Å². The third-order valence-corrected chi connectivity index (χ3v) is 2.95. The summed E-state index contributed by atoms with van der Waals surface area (Å²) >= 11 is 0. The maximum atomic E-state index is 11.6. The van der Waals surface area contributed by atoms with Crippen molar-refractivity contribution in [2.75, 3.05) is 34.3 Å². The second-order valence-corrected chi connectivity index (χ2v) is 4.40. The van der Waals surface area contributed by atoms with Crippen LogP contribution in [-0.4, -0.2) is 45.1 Å². The Morgan fingerprint density at radius 2 is 2.17 bits per heavy atom. The summed E-state index contributed by atoms with van der Waals surface area (Å²) in [6, 6.07) is 6.12. The molecule has 0 fully saturated rings. The SMILES string of the molecule is CNCC(=O)N(C)CCc1ccc(OC)c(C)c1. The van der Waals surface area contributed by atoms with Gasteiger partial charge < -0.3 is 15.0 Å². The fraction of sp³-hybridized carbons (Fsp3) is 0.500. The molecule has 0 aliphatic rings. The van der Waals surface area contributed by atoms with Gasteiger partial charge in [-0.05, 0) is 37.6 Å². The van der Waals surface area contributed by atoms with Crippen LogP contribution in [0.15, 0.2) is 18.2 Å². The van der Waals surface area contributed by atoms with Crippen molar-refractivity contribution in [3.63, 3.8) is 0 Å². The largest absolute Gasteiger partial charge is 0.496 e. The summed E-state index contributed by atoms with van der Waals surface area (Å²) in [5, 5.41) is 2.86. The summed E-state index contributed by atoms with van der Waals surface area (Å²) in [6.07, 6.45) is 0.858.